The summed E-state index contributed by atoms with van der Waals surface area (Å²) in [6.07, 6.45) is -4.49. The molecule has 7 nitrogen and oxygen atoms in total. The molecule has 0 spiro atoms. The maximum atomic E-state index is 13.1. The molecule has 31 heavy (non-hydrogen) atoms. The number of nitrogens with one attached hydrogen (secondary N) is 1. The van der Waals surface area contributed by atoms with Gasteiger partial charge in [0.25, 0.3) is 5.69 Å². The molecule has 0 aliphatic carbocycles. The molecule has 1 aliphatic heterocycles. The highest BCUT2D eigenvalue weighted by molar-refractivity contribution is 5.96. The molecule has 0 bridgehead atoms. The maximum absolute atomic E-state index is 13.1. The van der Waals surface area contributed by atoms with E-state index in [4.69, 9.17) is 0 Å². The van der Waals surface area contributed by atoms with Crippen molar-refractivity contribution in [2.24, 2.45) is 5.92 Å². The number of anilines is 1. The van der Waals surface area contributed by atoms with Gasteiger partial charge in [0, 0.05) is 29.7 Å². The lowest BCUT2D eigenvalue weighted by Gasteiger charge is -2.27. The van der Waals surface area contributed by atoms with Crippen molar-refractivity contribution in [2.45, 2.75) is 32.0 Å². The van der Waals surface area contributed by atoms with Crippen LogP contribution in [-0.4, -0.2) is 34.4 Å². The Morgan fingerprint density at radius 2 is 1.84 bits per heavy atom. The average molecular weight is 435 g/mol. The minimum atomic E-state index is -4.67. The predicted octanol–water partition coefficient (Wildman–Crippen LogP) is 4.08. The summed E-state index contributed by atoms with van der Waals surface area (Å²) in [5.74, 6) is -1.65. The van der Waals surface area contributed by atoms with Crippen LogP contribution in [0.15, 0.2) is 48.5 Å². The van der Waals surface area contributed by atoms with Gasteiger partial charge in [0.05, 0.1) is 11.5 Å². The third kappa shape index (κ3) is 5.80. The number of nitrogens with zero attached hydrogens (tertiary/aromatic N) is 2. The molecular weight excluding hydrogens is 415 g/mol. The number of benzene rings is 2. The Morgan fingerprint density at radius 1 is 1.16 bits per heavy atom. The number of carbonyl (C=O) groups is 2. The van der Waals surface area contributed by atoms with E-state index in [9.17, 15) is 32.9 Å². The Hall–Kier alpha value is -3.43. The summed E-state index contributed by atoms with van der Waals surface area (Å²) in [4.78, 5) is 35.9. The molecule has 1 aliphatic rings. The number of rotatable bonds is 7. The molecule has 2 aromatic rings. The molecule has 0 saturated carbocycles. The lowest BCUT2D eigenvalue weighted by atomic mass is 9.89. The SMILES string of the molecule is O=C1Nc2ccccc2CC1CCC(=O)N(Cc1ccccc1[N+](=O)[O-])CC(F)(F)F. The van der Waals surface area contributed by atoms with Gasteiger partial charge < -0.3 is 10.2 Å². The monoisotopic (exact) mass is 435 g/mol. The van der Waals surface area contributed by atoms with Gasteiger partial charge in [-0.25, -0.2) is 0 Å². The van der Waals surface area contributed by atoms with Gasteiger partial charge in [-0.15, -0.1) is 0 Å². The fourth-order valence-corrected chi connectivity index (χ4v) is 3.58. The summed E-state index contributed by atoms with van der Waals surface area (Å²) in [5.41, 5.74) is 1.23. The number of nitro groups is 1. The Labute approximate surface area is 176 Å². The van der Waals surface area contributed by atoms with Crippen LogP contribution in [0.3, 0.4) is 0 Å². The first-order chi connectivity index (χ1) is 14.6. The van der Waals surface area contributed by atoms with Crippen molar-refractivity contribution in [1.82, 2.24) is 4.90 Å². The molecular formula is C21H20F3N3O4. The van der Waals surface area contributed by atoms with E-state index in [-0.39, 0.29) is 30.0 Å². The Kier molecular flexibility index (Phi) is 6.57. The van der Waals surface area contributed by atoms with E-state index in [1.165, 1.54) is 24.3 Å². The average Bonchev–Trinajstić information content (AvgIpc) is 2.70. The molecule has 2 amide bonds. The number of carbonyl (C=O) groups excluding carboxylic acids is 2. The molecule has 0 fully saturated rings. The topological polar surface area (TPSA) is 92.6 Å². The van der Waals surface area contributed by atoms with Crippen molar-refractivity contribution < 1.29 is 27.7 Å². The highest BCUT2D eigenvalue weighted by atomic mass is 19.4. The van der Waals surface area contributed by atoms with Gasteiger partial charge in [0.15, 0.2) is 0 Å². The van der Waals surface area contributed by atoms with Gasteiger partial charge in [-0.1, -0.05) is 36.4 Å². The first-order valence-electron chi connectivity index (χ1n) is 9.59. The summed E-state index contributed by atoms with van der Waals surface area (Å²) < 4.78 is 39.2. The third-order valence-corrected chi connectivity index (χ3v) is 5.09. The largest absolute Gasteiger partial charge is 0.406 e. The fourth-order valence-electron chi connectivity index (χ4n) is 3.58. The van der Waals surface area contributed by atoms with Crippen LogP contribution in [0.1, 0.15) is 24.0 Å². The van der Waals surface area contributed by atoms with Crippen LogP contribution in [0.5, 0.6) is 0 Å². The minimum absolute atomic E-state index is 0.00874. The second kappa shape index (κ2) is 9.15. The quantitative estimate of drug-likeness (QED) is 0.524. The number of nitro benzene ring substituents is 1. The summed E-state index contributed by atoms with van der Waals surface area (Å²) in [6, 6.07) is 12.5. The zero-order valence-corrected chi connectivity index (χ0v) is 16.4. The molecule has 10 heteroatoms. The molecule has 1 unspecified atom stereocenters. The van der Waals surface area contributed by atoms with Crippen LogP contribution >= 0.6 is 0 Å². The van der Waals surface area contributed by atoms with Crippen molar-refractivity contribution in [2.75, 3.05) is 11.9 Å². The van der Waals surface area contributed by atoms with Gasteiger partial charge in [0.2, 0.25) is 11.8 Å². The first kappa shape index (κ1) is 22.3. The number of amides is 2. The normalized spacial score (nSPS) is 15.7. The van der Waals surface area contributed by atoms with E-state index >= 15 is 0 Å². The van der Waals surface area contributed by atoms with E-state index in [0.717, 1.165) is 5.56 Å². The Morgan fingerprint density at radius 3 is 2.55 bits per heavy atom. The summed E-state index contributed by atoms with van der Waals surface area (Å²) in [7, 11) is 0. The lowest BCUT2D eigenvalue weighted by Crippen LogP contribution is -2.39. The van der Waals surface area contributed by atoms with Crippen molar-refractivity contribution >= 4 is 23.2 Å². The van der Waals surface area contributed by atoms with E-state index in [2.05, 4.69) is 5.32 Å². The highest BCUT2D eigenvalue weighted by Crippen LogP contribution is 2.29. The molecule has 1 atom stereocenters. The minimum Gasteiger partial charge on any atom is -0.329 e. The fraction of sp³-hybridized carbons (Fsp3) is 0.333. The van der Waals surface area contributed by atoms with Crippen LogP contribution in [0.4, 0.5) is 24.5 Å². The van der Waals surface area contributed by atoms with Gasteiger partial charge >= 0.3 is 6.18 Å². The van der Waals surface area contributed by atoms with Crippen molar-refractivity contribution in [3.05, 3.63) is 69.8 Å². The number of alkyl halides is 3. The smallest absolute Gasteiger partial charge is 0.329 e. The van der Waals surface area contributed by atoms with E-state index in [0.29, 0.717) is 17.0 Å². The van der Waals surface area contributed by atoms with Crippen LogP contribution < -0.4 is 5.32 Å². The number of para-hydroxylation sites is 2. The van der Waals surface area contributed by atoms with Crippen LogP contribution in [0.2, 0.25) is 0 Å². The molecule has 164 valence electrons. The lowest BCUT2D eigenvalue weighted by molar-refractivity contribution is -0.385. The van der Waals surface area contributed by atoms with Gasteiger partial charge in [-0.2, -0.15) is 13.2 Å². The van der Waals surface area contributed by atoms with E-state index in [1.807, 2.05) is 12.1 Å². The van der Waals surface area contributed by atoms with Crippen molar-refractivity contribution in [1.29, 1.82) is 0 Å². The highest BCUT2D eigenvalue weighted by Gasteiger charge is 2.34. The Bertz CT molecular complexity index is 994. The third-order valence-electron chi connectivity index (χ3n) is 5.09. The summed E-state index contributed by atoms with van der Waals surface area (Å²) in [6.45, 7) is -2.08. The molecule has 0 radical (unpaired) electrons. The van der Waals surface area contributed by atoms with E-state index in [1.54, 1.807) is 12.1 Å². The standard InChI is InChI=1S/C21H20F3N3O4/c22-21(23,24)13-26(12-16-6-2-4-8-18(16)27(30)31)19(28)10-9-15-11-14-5-1-3-7-17(14)25-20(15)29/h1-8,15H,9-13H2,(H,25,29). The second-order valence-corrected chi connectivity index (χ2v) is 7.34. The number of hydrogen-bond donors (Lipinski definition) is 1. The van der Waals surface area contributed by atoms with E-state index < -0.39 is 36.0 Å². The summed E-state index contributed by atoms with van der Waals surface area (Å²) in [5, 5.41) is 13.9. The van der Waals surface area contributed by atoms with Gasteiger partial charge in [-0.05, 0) is 24.5 Å². The Balaban J connectivity index is 1.71. The molecule has 0 aromatic heterocycles. The second-order valence-electron chi connectivity index (χ2n) is 7.34. The maximum Gasteiger partial charge on any atom is 0.406 e. The number of fused-ring (bicyclic) bond motifs is 1. The van der Waals surface area contributed by atoms with Crippen LogP contribution in [-0.2, 0) is 22.6 Å². The van der Waals surface area contributed by atoms with Crippen LogP contribution in [0, 0.1) is 16.0 Å². The zero-order chi connectivity index (χ0) is 22.6. The number of halogens is 3. The molecule has 1 heterocycles. The predicted molar refractivity (Wildman–Crippen MR) is 106 cm³/mol. The first-order valence-corrected chi connectivity index (χ1v) is 9.59. The van der Waals surface area contributed by atoms with Crippen molar-refractivity contribution in [3.8, 4) is 0 Å². The van der Waals surface area contributed by atoms with Gasteiger partial charge in [-0.3, -0.25) is 19.7 Å². The molecule has 0 saturated heterocycles. The molecule has 1 N–H and O–H groups in total. The molecule has 2 aromatic carbocycles. The van der Waals surface area contributed by atoms with Crippen LogP contribution in [0.25, 0.3) is 0 Å². The van der Waals surface area contributed by atoms with Gasteiger partial charge in [0.1, 0.15) is 6.54 Å². The molecule has 3 rings (SSSR count). The zero-order valence-electron chi connectivity index (χ0n) is 16.4. The van der Waals surface area contributed by atoms with Crippen molar-refractivity contribution in [3.63, 3.8) is 0 Å². The summed E-state index contributed by atoms with van der Waals surface area (Å²) >= 11 is 0. The number of hydrogen-bond acceptors (Lipinski definition) is 4.